The quantitative estimate of drug-likeness (QED) is 0.755. The molecular formula is C22H26BrN3O2. The number of hydrogen-bond acceptors (Lipinski definition) is 3. The van der Waals surface area contributed by atoms with Crippen molar-refractivity contribution in [2.75, 3.05) is 31.6 Å². The number of nitrogens with zero attached hydrogens (tertiary/aromatic N) is 2. The maximum Gasteiger partial charge on any atom is 0.321 e. The van der Waals surface area contributed by atoms with Gasteiger partial charge >= 0.3 is 6.03 Å². The van der Waals surface area contributed by atoms with Gasteiger partial charge in [-0.25, -0.2) is 4.79 Å². The second-order valence-corrected chi connectivity index (χ2v) is 8.50. The highest BCUT2D eigenvalue weighted by Crippen LogP contribution is 2.42. The highest BCUT2D eigenvalue weighted by molar-refractivity contribution is 9.10. The number of carbonyl (C=O) groups is 1. The Morgan fingerprint density at radius 3 is 2.50 bits per heavy atom. The Bertz CT molecular complexity index is 799. The normalized spacial score (nSPS) is 25.2. The second kappa shape index (κ2) is 8.64. The van der Waals surface area contributed by atoms with Crippen LogP contribution in [0.3, 0.4) is 0 Å². The van der Waals surface area contributed by atoms with Crippen LogP contribution in [0, 0.1) is 0 Å². The first-order valence-corrected chi connectivity index (χ1v) is 10.7. The zero-order valence-electron chi connectivity index (χ0n) is 15.8. The molecule has 0 spiro atoms. The lowest BCUT2D eigenvalue weighted by molar-refractivity contribution is -0.0585. The molecular weight excluding hydrogens is 418 g/mol. The van der Waals surface area contributed by atoms with E-state index in [0.29, 0.717) is 6.54 Å². The number of aliphatic hydroxyl groups is 1. The third-order valence-electron chi connectivity index (χ3n) is 5.94. The van der Waals surface area contributed by atoms with Gasteiger partial charge in [0.1, 0.15) is 0 Å². The summed E-state index contributed by atoms with van der Waals surface area (Å²) < 4.78 is 1.05. The molecule has 2 heterocycles. The molecule has 0 aliphatic carbocycles. The molecule has 6 heteroatoms. The lowest BCUT2D eigenvalue weighted by atomic mass is 9.74. The molecule has 0 bridgehead atoms. The summed E-state index contributed by atoms with van der Waals surface area (Å²) in [6.07, 6.45) is 2.02. The van der Waals surface area contributed by atoms with Gasteiger partial charge < -0.3 is 15.3 Å². The summed E-state index contributed by atoms with van der Waals surface area (Å²) in [5.74, 6) is 0.239. The van der Waals surface area contributed by atoms with Crippen LogP contribution < -0.4 is 5.32 Å². The Kier molecular flexibility index (Phi) is 5.99. The Morgan fingerprint density at radius 2 is 1.79 bits per heavy atom. The molecule has 0 saturated carbocycles. The number of rotatable bonds is 3. The highest BCUT2D eigenvalue weighted by atomic mass is 79.9. The van der Waals surface area contributed by atoms with Gasteiger partial charge in [0.05, 0.1) is 6.61 Å². The van der Waals surface area contributed by atoms with Crippen molar-refractivity contribution in [3.8, 4) is 0 Å². The van der Waals surface area contributed by atoms with Gasteiger partial charge in [0.2, 0.25) is 0 Å². The summed E-state index contributed by atoms with van der Waals surface area (Å²) in [4.78, 5) is 17.2. The number of anilines is 1. The van der Waals surface area contributed by atoms with Crippen molar-refractivity contribution in [1.82, 2.24) is 9.80 Å². The van der Waals surface area contributed by atoms with Crippen LogP contribution in [0.15, 0.2) is 59.1 Å². The van der Waals surface area contributed by atoms with E-state index in [1.54, 1.807) is 0 Å². The van der Waals surface area contributed by atoms with Crippen molar-refractivity contribution in [3.05, 3.63) is 64.6 Å². The molecule has 2 N–H and O–H groups in total. The predicted octanol–water partition coefficient (Wildman–Crippen LogP) is 3.91. The van der Waals surface area contributed by atoms with Gasteiger partial charge in [0, 0.05) is 41.3 Å². The molecule has 5 nitrogen and oxygen atoms in total. The highest BCUT2D eigenvalue weighted by Gasteiger charge is 2.49. The van der Waals surface area contributed by atoms with Crippen molar-refractivity contribution in [2.24, 2.45) is 0 Å². The lowest BCUT2D eigenvalue weighted by Crippen LogP contribution is -2.68. The minimum Gasteiger partial charge on any atom is -0.395 e. The monoisotopic (exact) mass is 443 g/mol. The molecule has 0 unspecified atom stereocenters. The topological polar surface area (TPSA) is 55.8 Å². The molecule has 2 saturated heterocycles. The number of benzene rings is 2. The average Bonchev–Trinajstić information content (AvgIpc) is 2.69. The molecule has 28 heavy (non-hydrogen) atoms. The molecule has 2 aromatic carbocycles. The van der Waals surface area contributed by atoms with Gasteiger partial charge in [-0.3, -0.25) is 4.90 Å². The third kappa shape index (κ3) is 3.95. The van der Waals surface area contributed by atoms with Crippen LogP contribution in [0.1, 0.15) is 24.3 Å². The van der Waals surface area contributed by atoms with Gasteiger partial charge in [-0.05, 0) is 49.2 Å². The summed E-state index contributed by atoms with van der Waals surface area (Å²) in [5, 5.41) is 13.0. The van der Waals surface area contributed by atoms with Crippen LogP contribution in [0.4, 0.5) is 10.5 Å². The number of aliphatic hydroxyl groups excluding tert-OH is 1. The molecule has 0 radical (unpaired) electrons. The standard InChI is InChI=1S/C22H26BrN3O2/c23-17-10-8-16(9-11-17)21-19-14-25(12-4-5-13-26(19)20(21)15-27)22(28)24-18-6-2-1-3-7-18/h1-3,6-11,19-21,27H,4-5,12-15H2,(H,24,28)/t19-,20-,21+/m1/s1. The minimum atomic E-state index is -0.0462. The molecule has 2 fully saturated rings. The van der Waals surface area contributed by atoms with E-state index in [1.807, 2.05) is 35.2 Å². The van der Waals surface area contributed by atoms with E-state index < -0.39 is 0 Å². The number of hydrogen-bond donors (Lipinski definition) is 2. The Morgan fingerprint density at radius 1 is 1.07 bits per heavy atom. The summed E-state index contributed by atoms with van der Waals surface area (Å²) in [5.41, 5.74) is 2.05. The van der Waals surface area contributed by atoms with Crippen LogP contribution >= 0.6 is 15.9 Å². The van der Waals surface area contributed by atoms with E-state index in [-0.39, 0.29) is 30.6 Å². The molecule has 3 atom stereocenters. The van der Waals surface area contributed by atoms with Gasteiger partial charge in [0.15, 0.2) is 0 Å². The number of carbonyl (C=O) groups excluding carboxylic acids is 1. The number of nitrogens with one attached hydrogen (secondary N) is 1. The van der Waals surface area contributed by atoms with Gasteiger partial charge in [-0.2, -0.15) is 0 Å². The number of para-hydroxylation sites is 1. The molecule has 2 aromatic rings. The third-order valence-corrected chi connectivity index (χ3v) is 6.47. The summed E-state index contributed by atoms with van der Waals surface area (Å²) in [6, 6.07) is 18.3. The fourth-order valence-corrected chi connectivity index (χ4v) is 4.80. The Balaban J connectivity index is 1.52. The number of fused-ring (bicyclic) bond motifs is 1. The largest absolute Gasteiger partial charge is 0.395 e. The number of amides is 2. The van der Waals surface area contributed by atoms with Crippen molar-refractivity contribution >= 4 is 27.6 Å². The van der Waals surface area contributed by atoms with Crippen LogP contribution in [-0.4, -0.2) is 59.3 Å². The van der Waals surface area contributed by atoms with E-state index in [9.17, 15) is 9.90 Å². The van der Waals surface area contributed by atoms with Crippen molar-refractivity contribution in [3.63, 3.8) is 0 Å². The SMILES string of the molecule is O=C(Nc1ccccc1)N1CCCCN2[C@H](CO)[C@@H](c3ccc(Br)cc3)[C@H]2C1. The van der Waals surface area contributed by atoms with E-state index in [0.717, 1.165) is 36.1 Å². The van der Waals surface area contributed by atoms with Crippen molar-refractivity contribution in [1.29, 1.82) is 0 Å². The molecule has 4 rings (SSSR count). The van der Waals surface area contributed by atoms with E-state index in [4.69, 9.17) is 0 Å². The first-order chi connectivity index (χ1) is 13.7. The predicted molar refractivity (Wildman–Crippen MR) is 115 cm³/mol. The lowest BCUT2D eigenvalue weighted by Gasteiger charge is -2.57. The maximum atomic E-state index is 12.9. The maximum absolute atomic E-state index is 12.9. The van der Waals surface area contributed by atoms with Crippen LogP contribution in [0.25, 0.3) is 0 Å². The molecule has 0 aromatic heterocycles. The summed E-state index contributed by atoms with van der Waals surface area (Å²) in [7, 11) is 0. The van der Waals surface area contributed by atoms with Gasteiger partial charge in [0.25, 0.3) is 0 Å². The summed E-state index contributed by atoms with van der Waals surface area (Å²) in [6.45, 7) is 2.57. The van der Waals surface area contributed by atoms with Crippen LogP contribution in [-0.2, 0) is 0 Å². The van der Waals surface area contributed by atoms with Gasteiger partial charge in [-0.1, -0.05) is 46.3 Å². The number of halogens is 1. The minimum absolute atomic E-state index is 0.0462. The zero-order valence-corrected chi connectivity index (χ0v) is 17.4. The summed E-state index contributed by atoms with van der Waals surface area (Å²) >= 11 is 3.50. The van der Waals surface area contributed by atoms with Gasteiger partial charge in [-0.15, -0.1) is 0 Å². The molecule has 2 aliphatic heterocycles. The van der Waals surface area contributed by atoms with Crippen molar-refractivity contribution in [2.45, 2.75) is 30.8 Å². The first kappa shape index (κ1) is 19.4. The Labute approximate surface area is 174 Å². The first-order valence-electron chi connectivity index (χ1n) is 9.90. The second-order valence-electron chi connectivity index (χ2n) is 7.58. The fraction of sp³-hybridized carbons (Fsp3) is 0.409. The van der Waals surface area contributed by atoms with E-state index in [1.165, 1.54) is 5.56 Å². The van der Waals surface area contributed by atoms with E-state index in [2.05, 4.69) is 50.4 Å². The van der Waals surface area contributed by atoms with Crippen LogP contribution in [0.5, 0.6) is 0 Å². The molecule has 2 amide bonds. The van der Waals surface area contributed by atoms with Crippen LogP contribution in [0.2, 0.25) is 0 Å². The smallest absolute Gasteiger partial charge is 0.321 e. The molecule has 148 valence electrons. The zero-order chi connectivity index (χ0) is 19.5. The fourth-order valence-electron chi connectivity index (χ4n) is 4.53. The average molecular weight is 444 g/mol. The number of urea groups is 1. The van der Waals surface area contributed by atoms with E-state index >= 15 is 0 Å². The Hall–Kier alpha value is -1.89. The van der Waals surface area contributed by atoms with Crippen molar-refractivity contribution < 1.29 is 9.90 Å². The molecule has 2 aliphatic rings.